The summed E-state index contributed by atoms with van der Waals surface area (Å²) in [6.07, 6.45) is 0.938. The molecule has 1 aromatic carbocycles. The third-order valence-corrected chi connectivity index (χ3v) is 5.19. The molecule has 2 N–H and O–H groups in total. The number of methoxy groups -OCH3 is 2. The van der Waals surface area contributed by atoms with E-state index in [1.54, 1.807) is 41.0 Å². The Kier molecular flexibility index (Phi) is 6.11. The number of nitrogens with zero attached hydrogens (tertiary/aromatic N) is 5. The minimum absolute atomic E-state index is 0.0446. The van der Waals surface area contributed by atoms with Crippen molar-refractivity contribution in [2.75, 3.05) is 31.8 Å². The highest BCUT2D eigenvalue weighted by Crippen LogP contribution is 2.38. The maximum absolute atomic E-state index is 11.8. The summed E-state index contributed by atoms with van der Waals surface area (Å²) in [4.78, 5) is 17.4. The van der Waals surface area contributed by atoms with Gasteiger partial charge < -0.3 is 19.3 Å². The van der Waals surface area contributed by atoms with Gasteiger partial charge in [-0.2, -0.15) is 4.98 Å². The molecule has 178 valence electrons. The van der Waals surface area contributed by atoms with Crippen molar-refractivity contribution < 1.29 is 27.7 Å². The van der Waals surface area contributed by atoms with Gasteiger partial charge in [0.25, 0.3) is 5.88 Å². The average molecular weight is 487 g/mol. The number of hydrogen-bond acceptors (Lipinski definition) is 10. The third-order valence-electron chi connectivity index (χ3n) is 4.63. The fourth-order valence-electron chi connectivity index (χ4n) is 3.33. The van der Waals surface area contributed by atoms with Crippen LogP contribution in [0.4, 0.5) is 5.82 Å². The average Bonchev–Trinajstić information content (AvgIpc) is 3.15. The molecule has 4 rings (SSSR count). The van der Waals surface area contributed by atoms with E-state index < -0.39 is 15.9 Å². The lowest BCUT2D eigenvalue weighted by atomic mass is 10.2. The van der Waals surface area contributed by atoms with Gasteiger partial charge in [0.05, 0.1) is 27.1 Å². The fourth-order valence-corrected chi connectivity index (χ4v) is 3.82. The van der Waals surface area contributed by atoms with Crippen LogP contribution in [0.1, 0.15) is 6.92 Å². The first-order chi connectivity index (χ1) is 16.3. The summed E-state index contributed by atoms with van der Waals surface area (Å²) in [7, 11) is -0.751. The monoisotopic (exact) mass is 486 g/mol. The van der Waals surface area contributed by atoms with Crippen LogP contribution in [0.3, 0.4) is 0 Å². The number of benzene rings is 1. The lowest BCUT2D eigenvalue weighted by Crippen LogP contribution is -2.12. The van der Waals surface area contributed by atoms with Crippen molar-refractivity contribution in [1.82, 2.24) is 24.5 Å². The second-order valence-electron chi connectivity index (χ2n) is 6.99. The van der Waals surface area contributed by atoms with Crippen molar-refractivity contribution in [2.24, 2.45) is 0 Å². The number of fused-ring (bicyclic) bond motifs is 1. The topological polar surface area (TPSA) is 151 Å². The molecule has 0 amide bonds. The van der Waals surface area contributed by atoms with Gasteiger partial charge in [0.2, 0.25) is 27.4 Å². The van der Waals surface area contributed by atoms with Crippen molar-refractivity contribution in [3.8, 4) is 40.5 Å². The Morgan fingerprint density at radius 3 is 2.29 bits per heavy atom. The fraction of sp³-hybridized carbons (Fsp3) is 0.238. The number of hydrogen-bond donors (Lipinski definition) is 2. The number of ether oxygens (including phenoxy) is 3. The van der Waals surface area contributed by atoms with Crippen LogP contribution in [-0.2, 0) is 10.0 Å². The zero-order valence-corrected chi connectivity index (χ0v) is 19.6. The number of rotatable bonds is 8. The first kappa shape index (κ1) is 23.0. The molecule has 0 atom stereocenters. The molecule has 13 heteroatoms. The van der Waals surface area contributed by atoms with Gasteiger partial charge in [0.15, 0.2) is 11.5 Å². The van der Waals surface area contributed by atoms with Crippen LogP contribution in [0.15, 0.2) is 36.4 Å². The predicted molar refractivity (Wildman–Crippen MR) is 124 cm³/mol. The van der Waals surface area contributed by atoms with Crippen LogP contribution in [0.25, 0.3) is 28.5 Å². The van der Waals surface area contributed by atoms with E-state index in [1.165, 1.54) is 14.2 Å². The first-order valence-electron chi connectivity index (χ1n) is 10.0. The summed E-state index contributed by atoms with van der Waals surface area (Å²) in [5, 5.41) is 10.3. The molecule has 12 nitrogen and oxygen atoms in total. The Bertz CT molecular complexity index is 1450. The number of pyridine rings is 1. The second kappa shape index (κ2) is 9.02. The van der Waals surface area contributed by atoms with Crippen molar-refractivity contribution in [2.45, 2.75) is 6.92 Å². The van der Waals surface area contributed by atoms with Crippen LogP contribution in [0.5, 0.6) is 23.3 Å². The van der Waals surface area contributed by atoms with E-state index in [-0.39, 0.29) is 22.9 Å². The van der Waals surface area contributed by atoms with E-state index in [1.807, 2.05) is 6.92 Å². The molecule has 0 saturated carbocycles. The highest BCUT2D eigenvalue weighted by molar-refractivity contribution is 7.92. The maximum Gasteiger partial charge on any atom is 0.258 e. The molecule has 0 aliphatic heterocycles. The van der Waals surface area contributed by atoms with Gasteiger partial charge in [-0.25, -0.2) is 23.4 Å². The van der Waals surface area contributed by atoms with Gasteiger partial charge in [-0.15, -0.1) is 0 Å². The summed E-state index contributed by atoms with van der Waals surface area (Å²) < 4.78 is 44.0. The molecule has 0 aliphatic rings. The van der Waals surface area contributed by atoms with Gasteiger partial charge in [-0.3, -0.25) is 9.29 Å². The number of aromatic nitrogens is 5. The standard InChI is InChI=1S/C21H22N6O6S/c1-5-33-15-11-6-8-12(22-15)19-23-17-20(24-18(21(28)25-17)26-34(4,29)30)27(19)16-13(31-2)9-7-10-14(16)32-3/h6-11H,5H2,1-4H3,(H,24,26)(H,25,28). The smallest absolute Gasteiger partial charge is 0.258 e. The van der Waals surface area contributed by atoms with Crippen LogP contribution in [0.2, 0.25) is 0 Å². The summed E-state index contributed by atoms with van der Waals surface area (Å²) in [5.74, 6) is 0.538. The highest BCUT2D eigenvalue weighted by atomic mass is 32.2. The van der Waals surface area contributed by atoms with Crippen molar-refractivity contribution in [3.05, 3.63) is 36.4 Å². The molecule has 0 radical (unpaired) electrons. The Labute approximate surface area is 195 Å². The molecular formula is C21H22N6O6S. The van der Waals surface area contributed by atoms with Crippen molar-refractivity contribution in [1.29, 1.82) is 0 Å². The van der Waals surface area contributed by atoms with Crippen molar-refractivity contribution >= 4 is 27.1 Å². The molecule has 0 spiro atoms. The summed E-state index contributed by atoms with van der Waals surface area (Å²) >= 11 is 0. The van der Waals surface area contributed by atoms with Crippen LogP contribution < -0.4 is 18.9 Å². The molecule has 0 aliphatic carbocycles. The van der Waals surface area contributed by atoms with Crippen molar-refractivity contribution in [3.63, 3.8) is 0 Å². The number of sulfonamides is 1. The summed E-state index contributed by atoms with van der Waals surface area (Å²) in [6.45, 7) is 2.26. The van der Waals surface area contributed by atoms with E-state index >= 15 is 0 Å². The van der Waals surface area contributed by atoms with Gasteiger partial charge in [-0.1, -0.05) is 12.1 Å². The predicted octanol–water partition coefficient (Wildman–Crippen LogP) is 2.37. The number of anilines is 1. The van der Waals surface area contributed by atoms with E-state index in [0.29, 0.717) is 35.4 Å². The zero-order chi connectivity index (χ0) is 24.5. The second-order valence-corrected chi connectivity index (χ2v) is 8.74. The Balaban J connectivity index is 2.10. The van der Waals surface area contributed by atoms with Crippen LogP contribution >= 0.6 is 0 Å². The molecule has 3 aromatic heterocycles. The zero-order valence-electron chi connectivity index (χ0n) is 18.8. The van der Waals surface area contributed by atoms with Crippen LogP contribution in [-0.4, -0.2) is 65.1 Å². The number of para-hydroxylation sites is 1. The van der Waals surface area contributed by atoms with Gasteiger partial charge in [0, 0.05) is 6.07 Å². The lowest BCUT2D eigenvalue weighted by molar-refractivity contribution is 0.327. The van der Waals surface area contributed by atoms with E-state index in [9.17, 15) is 13.5 Å². The molecule has 0 unspecified atom stereocenters. The minimum atomic E-state index is -3.75. The maximum atomic E-state index is 11.8. The lowest BCUT2D eigenvalue weighted by Gasteiger charge is -2.16. The number of imidazole rings is 1. The molecular weight excluding hydrogens is 464 g/mol. The minimum Gasteiger partial charge on any atom is -0.494 e. The van der Waals surface area contributed by atoms with Crippen LogP contribution in [0, 0.1) is 0 Å². The molecule has 0 bridgehead atoms. The number of nitrogens with one attached hydrogen (secondary N) is 1. The SMILES string of the molecule is CCOc1cccc(-c2nc3nc(O)c(NS(C)(=O)=O)nc3n2-c2c(OC)cccc2OC)n1. The Morgan fingerprint density at radius 2 is 1.68 bits per heavy atom. The molecule has 0 fully saturated rings. The normalized spacial score (nSPS) is 11.4. The van der Waals surface area contributed by atoms with E-state index in [0.717, 1.165) is 6.26 Å². The quantitative estimate of drug-likeness (QED) is 0.380. The Morgan fingerprint density at radius 1 is 1.00 bits per heavy atom. The first-order valence-corrected chi connectivity index (χ1v) is 11.9. The molecule has 3 heterocycles. The molecule has 34 heavy (non-hydrogen) atoms. The highest BCUT2D eigenvalue weighted by Gasteiger charge is 2.25. The summed E-state index contributed by atoms with van der Waals surface area (Å²) in [5.41, 5.74) is 1.02. The van der Waals surface area contributed by atoms with E-state index in [2.05, 4.69) is 24.7 Å². The van der Waals surface area contributed by atoms with Gasteiger partial charge in [-0.05, 0) is 25.1 Å². The number of aromatic hydroxyl groups is 1. The van der Waals surface area contributed by atoms with E-state index in [4.69, 9.17) is 14.2 Å². The van der Waals surface area contributed by atoms with Gasteiger partial charge >= 0.3 is 0 Å². The third kappa shape index (κ3) is 4.37. The largest absolute Gasteiger partial charge is 0.494 e. The summed E-state index contributed by atoms with van der Waals surface area (Å²) in [6, 6.07) is 10.4. The van der Waals surface area contributed by atoms with Gasteiger partial charge in [0.1, 0.15) is 22.9 Å². The molecule has 0 saturated heterocycles. The molecule has 4 aromatic rings. The Hall–Kier alpha value is -4.13.